The van der Waals surface area contributed by atoms with Gasteiger partial charge in [-0.3, -0.25) is 0 Å². The van der Waals surface area contributed by atoms with E-state index < -0.39 is 5.97 Å². The quantitative estimate of drug-likeness (QED) is 0.490. The normalized spacial score (nSPS) is 11.2. The Labute approximate surface area is 142 Å². The number of aryl methyl sites for hydroxylation is 3. The fourth-order valence-electron chi connectivity index (χ4n) is 2.63. The first-order chi connectivity index (χ1) is 11.4. The van der Waals surface area contributed by atoms with Crippen LogP contribution in [0.25, 0.3) is 11.8 Å². The number of nitriles is 1. The molecule has 2 aromatic rings. The third-order valence-electron chi connectivity index (χ3n) is 3.83. The van der Waals surface area contributed by atoms with E-state index in [0.717, 1.165) is 28.2 Å². The molecule has 0 fully saturated rings. The minimum Gasteiger partial charge on any atom is -0.462 e. The number of hydrogen-bond acceptors (Lipinski definition) is 4. The van der Waals surface area contributed by atoms with Gasteiger partial charge < -0.3 is 4.74 Å². The summed E-state index contributed by atoms with van der Waals surface area (Å²) in [7, 11) is 0. The molecule has 1 heterocycles. The SMILES string of the molecule is CCOC(=O)/C(C#N)=C/c1c(C)nn(-c2ccc(C)cc2C)c1C. The molecule has 1 aromatic heterocycles. The Morgan fingerprint density at radius 3 is 2.62 bits per heavy atom. The van der Waals surface area contributed by atoms with Gasteiger partial charge in [-0.05, 0) is 52.3 Å². The fourth-order valence-corrected chi connectivity index (χ4v) is 2.63. The number of aromatic nitrogens is 2. The van der Waals surface area contributed by atoms with Crippen molar-refractivity contribution in [3.05, 3.63) is 51.9 Å². The largest absolute Gasteiger partial charge is 0.462 e. The highest BCUT2D eigenvalue weighted by Gasteiger charge is 2.16. The summed E-state index contributed by atoms with van der Waals surface area (Å²) < 4.78 is 6.76. The molecule has 124 valence electrons. The van der Waals surface area contributed by atoms with Gasteiger partial charge in [0.1, 0.15) is 11.6 Å². The number of hydrogen-bond donors (Lipinski definition) is 0. The highest BCUT2D eigenvalue weighted by molar-refractivity contribution is 5.98. The smallest absolute Gasteiger partial charge is 0.348 e. The van der Waals surface area contributed by atoms with Gasteiger partial charge in [0.05, 0.1) is 18.0 Å². The van der Waals surface area contributed by atoms with Crippen molar-refractivity contribution in [2.45, 2.75) is 34.6 Å². The summed E-state index contributed by atoms with van der Waals surface area (Å²) in [4.78, 5) is 11.8. The zero-order valence-electron chi connectivity index (χ0n) is 14.7. The predicted molar refractivity (Wildman–Crippen MR) is 92.7 cm³/mol. The topological polar surface area (TPSA) is 67.9 Å². The number of carbonyl (C=O) groups is 1. The lowest BCUT2D eigenvalue weighted by Gasteiger charge is -2.09. The molecule has 0 saturated carbocycles. The molecule has 0 atom stereocenters. The predicted octanol–water partition coefficient (Wildman–Crippen LogP) is 3.58. The Morgan fingerprint density at radius 2 is 2.04 bits per heavy atom. The van der Waals surface area contributed by atoms with Crippen molar-refractivity contribution >= 4 is 12.0 Å². The van der Waals surface area contributed by atoms with Gasteiger partial charge in [-0.1, -0.05) is 17.7 Å². The Bertz CT molecular complexity index is 854. The number of rotatable bonds is 4. The second kappa shape index (κ2) is 7.14. The minimum absolute atomic E-state index is 0.0248. The third kappa shape index (κ3) is 3.38. The number of benzene rings is 1. The molecule has 0 amide bonds. The second-order valence-corrected chi connectivity index (χ2v) is 5.68. The van der Waals surface area contributed by atoms with Crippen LogP contribution < -0.4 is 0 Å². The van der Waals surface area contributed by atoms with Crippen LogP contribution in [0.3, 0.4) is 0 Å². The van der Waals surface area contributed by atoms with E-state index in [0.29, 0.717) is 0 Å². The highest BCUT2D eigenvalue weighted by atomic mass is 16.5. The Balaban J connectivity index is 2.54. The van der Waals surface area contributed by atoms with Gasteiger partial charge in [-0.25, -0.2) is 9.48 Å². The molecule has 0 unspecified atom stereocenters. The summed E-state index contributed by atoms with van der Waals surface area (Å²) in [6, 6.07) is 8.06. The zero-order valence-corrected chi connectivity index (χ0v) is 14.7. The van der Waals surface area contributed by atoms with Gasteiger partial charge in [0.25, 0.3) is 0 Å². The lowest BCUT2D eigenvalue weighted by Crippen LogP contribution is -2.06. The summed E-state index contributed by atoms with van der Waals surface area (Å²) in [5.74, 6) is -0.613. The fraction of sp³-hybridized carbons (Fsp3) is 0.316. The Morgan fingerprint density at radius 1 is 1.33 bits per heavy atom. The maximum Gasteiger partial charge on any atom is 0.348 e. The van der Waals surface area contributed by atoms with E-state index in [-0.39, 0.29) is 12.2 Å². The molecule has 0 aliphatic carbocycles. The molecule has 24 heavy (non-hydrogen) atoms. The third-order valence-corrected chi connectivity index (χ3v) is 3.83. The summed E-state index contributed by atoms with van der Waals surface area (Å²) in [5.41, 5.74) is 5.65. The molecule has 0 saturated heterocycles. The molecular weight excluding hydrogens is 302 g/mol. The molecular formula is C19H21N3O2. The van der Waals surface area contributed by atoms with Crippen LogP contribution in [0, 0.1) is 39.0 Å². The van der Waals surface area contributed by atoms with Gasteiger partial charge in [0.15, 0.2) is 0 Å². The molecule has 0 radical (unpaired) electrons. The first kappa shape index (κ1) is 17.5. The van der Waals surface area contributed by atoms with E-state index >= 15 is 0 Å². The van der Waals surface area contributed by atoms with Crippen LogP contribution >= 0.6 is 0 Å². The number of nitrogens with zero attached hydrogens (tertiary/aromatic N) is 3. The number of carbonyl (C=O) groups excluding carboxylic acids is 1. The molecule has 0 aliphatic rings. The van der Waals surface area contributed by atoms with Crippen LogP contribution in [0.5, 0.6) is 0 Å². The Hall–Kier alpha value is -2.87. The van der Waals surface area contributed by atoms with E-state index in [9.17, 15) is 10.1 Å². The van der Waals surface area contributed by atoms with Crippen LogP contribution in [0.1, 0.15) is 35.0 Å². The first-order valence-electron chi connectivity index (χ1n) is 7.81. The maximum absolute atomic E-state index is 11.8. The Kier molecular flexibility index (Phi) is 5.20. The molecule has 0 aliphatic heterocycles. The molecule has 2 rings (SSSR count). The average Bonchev–Trinajstić information content (AvgIpc) is 2.80. The van der Waals surface area contributed by atoms with Crippen molar-refractivity contribution in [1.82, 2.24) is 9.78 Å². The maximum atomic E-state index is 11.8. The molecule has 0 bridgehead atoms. The summed E-state index contributed by atoms with van der Waals surface area (Å²) in [6.45, 7) is 9.81. The van der Waals surface area contributed by atoms with Crippen LogP contribution in [0.4, 0.5) is 0 Å². The number of ether oxygens (including phenoxy) is 1. The van der Waals surface area contributed by atoms with Gasteiger partial charge in [-0.2, -0.15) is 10.4 Å². The van der Waals surface area contributed by atoms with Crippen molar-refractivity contribution in [3.8, 4) is 11.8 Å². The van der Waals surface area contributed by atoms with E-state index in [4.69, 9.17) is 4.74 Å². The van der Waals surface area contributed by atoms with Crippen LogP contribution in [0.2, 0.25) is 0 Å². The summed E-state index contributed by atoms with van der Waals surface area (Å²) >= 11 is 0. The van der Waals surface area contributed by atoms with Gasteiger partial charge >= 0.3 is 5.97 Å². The molecule has 5 heteroatoms. The second-order valence-electron chi connectivity index (χ2n) is 5.68. The van der Waals surface area contributed by atoms with E-state index in [1.54, 1.807) is 13.0 Å². The summed E-state index contributed by atoms with van der Waals surface area (Å²) in [5, 5.41) is 13.8. The van der Waals surface area contributed by atoms with Crippen LogP contribution in [-0.2, 0) is 9.53 Å². The lowest BCUT2D eigenvalue weighted by atomic mass is 10.1. The van der Waals surface area contributed by atoms with Crippen molar-refractivity contribution in [2.75, 3.05) is 6.61 Å². The highest BCUT2D eigenvalue weighted by Crippen LogP contribution is 2.23. The molecule has 5 nitrogen and oxygen atoms in total. The summed E-state index contributed by atoms with van der Waals surface area (Å²) in [6.07, 6.45) is 1.55. The van der Waals surface area contributed by atoms with E-state index in [1.807, 2.05) is 50.6 Å². The van der Waals surface area contributed by atoms with Crippen LogP contribution in [0.15, 0.2) is 23.8 Å². The van der Waals surface area contributed by atoms with E-state index in [1.165, 1.54) is 5.56 Å². The molecule has 0 N–H and O–H groups in total. The standard InChI is InChI=1S/C19H21N3O2/c1-6-24-19(23)16(11-20)10-17-14(4)21-22(15(17)5)18-8-7-12(2)9-13(18)3/h7-10H,6H2,1-5H3/b16-10+. The first-order valence-corrected chi connectivity index (χ1v) is 7.81. The van der Waals surface area contributed by atoms with Crippen molar-refractivity contribution < 1.29 is 9.53 Å². The average molecular weight is 323 g/mol. The van der Waals surface area contributed by atoms with E-state index in [2.05, 4.69) is 11.2 Å². The number of esters is 1. The van der Waals surface area contributed by atoms with Crippen molar-refractivity contribution in [3.63, 3.8) is 0 Å². The minimum atomic E-state index is -0.613. The monoisotopic (exact) mass is 323 g/mol. The van der Waals surface area contributed by atoms with Crippen molar-refractivity contribution in [2.24, 2.45) is 0 Å². The molecule has 0 spiro atoms. The lowest BCUT2D eigenvalue weighted by molar-refractivity contribution is -0.137. The van der Waals surface area contributed by atoms with Gasteiger partial charge in [0, 0.05) is 11.3 Å². The zero-order chi connectivity index (χ0) is 17.9. The van der Waals surface area contributed by atoms with Gasteiger partial charge in [0.2, 0.25) is 0 Å². The molecule has 1 aromatic carbocycles. The van der Waals surface area contributed by atoms with Crippen molar-refractivity contribution in [1.29, 1.82) is 5.26 Å². The van der Waals surface area contributed by atoms with Gasteiger partial charge in [-0.15, -0.1) is 0 Å². The van der Waals surface area contributed by atoms with Crippen LogP contribution in [-0.4, -0.2) is 22.4 Å².